The number of rotatable bonds is 3. The molecule has 8 nitrogen and oxygen atoms in total. The topological polar surface area (TPSA) is 106 Å². The number of amides is 1. The van der Waals surface area contributed by atoms with Crippen LogP contribution >= 0.6 is 0 Å². The number of morpholine rings is 1. The van der Waals surface area contributed by atoms with Gasteiger partial charge < -0.3 is 14.4 Å². The molecule has 1 aliphatic rings. The van der Waals surface area contributed by atoms with Gasteiger partial charge in [0.05, 0.1) is 42.9 Å². The van der Waals surface area contributed by atoms with Gasteiger partial charge in [0.1, 0.15) is 5.75 Å². The highest BCUT2D eigenvalue weighted by molar-refractivity contribution is 5.97. The van der Waals surface area contributed by atoms with E-state index in [9.17, 15) is 14.9 Å². The van der Waals surface area contributed by atoms with Crippen LogP contribution in [0.5, 0.6) is 5.75 Å². The first-order valence-electron chi connectivity index (χ1n) is 6.19. The molecular weight excluding hydrogens is 278 g/mol. The van der Waals surface area contributed by atoms with E-state index in [1.165, 1.54) is 30.2 Å². The first kappa shape index (κ1) is 14.7. The summed E-state index contributed by atoms with van der Waals surface area (Å²) in [5.41, 5.74) is 0.0713. The van der Waals surface area contributed by atoms with Gasteiger partial charge in [-0.25, -0.2) is 0 Å². The zero-order chi connectivity index (χ0) is 15.4. The molecule has 21 heavy (non-hydrogen) atoms. The average molecular weight is 291 g/mol. The lowest BCUT2D eigenvalue weighted by atomic mass is 10.1. The average Bonchev–Trinajstić information content (AvgIpc) is 2.53. The minimum Gasteiger partial charge on any atom is -0.496 e. The van der Waals surface area contributed by atoms with Crippen molar-refractivity contribution in [2.45, 2.75) is 6.10 Å². The fraction of sp³-hybridized carbons (Fsp3) is 0.385. The van der Waals surface area contributed by atoms with Crippen LogP contribution in [0.15, 0.2) is 18.2 Å². The van der Waals surface area contributed by atoms with Crippen molar-refractivity contribution in [3.8, 4) is 11.8 Å². The van der Waals surface area contributed by atoms with Gasteiger partial charge in [0.2, 0.25) is 0 Å². The first-order chi connectivity index (χ1) is 10.1. The Bertz CT molecular complexity index is 610. The molecule has 1 fully saturated rings. The second kappa shape index (κ2) is 6.19. The highest BCUT2D eigenvalue weighted by Crippen LogP contribution is 2.26. The van der Waals surface area contributed by atoms with Crippen LogP contribution in [0.4, 0.5) is 5.69 Å². The number of ether oxygens (including phenoxy) is 2. The largest absolute Gasteiger partial charge is 0.496 e. The molecule has 0 saturated carbocycles. The summed E-state index contributed by atoms with van der Waals surface area (Å²) in [5, 5.41) is 19.6. The lowest BCUT2D eigenvalue weighted by molar-refractivity contribution is -0.384. The molecule has 0 N–H and O–H groups in total. The maximum absolute atomic E-state index is 12.4. The predicted molar refractivity (Wildman–Crippen MR) is 70.9 cm³/mol. The number of hydrogen-bond donors (Lipinski definition) is 0. The van der Waals surface area contributed by atoms with Crippen LogP contribution in [0.2, 0.25) is 0 Å². The van der Waals surface area contributed by atoms with E-state index in [2.05, 4.69) is 0 Å². The van der Waals surface area contributed by atoms with E-state index in [1.807, 2.05) is 6.07 Å². The molecule has 0 bridgehead atoms. The van der Waals surface area contributed by atoms with Gasteiger partial charge in [0, 0.05) is 12.6 Å². The number of nitro benzene ring substituents is 1. The van der Waals surface area contributed by atoms with Crippen LogP contribution in [0.25, 0.3) is 0 Å². The maximum atomic E-state index is 12.4. The SMILES string of the molecule is COc1cc([N+](=O)[O-])ccc1C(=O)N1CCOC(C#N)C1. The van der Waals surface area contributed by atoms with Crippen LogP contribution in [0, 0.1) is 21.4 Å². The van der Waals surface area contributed by atoms with Crippen molar-refractivity contribution in [1.82, 2.24) is 4.90 Å². The zero-order valence-corrected chi connectivity index (χ0v) is 11.3. The van der Waals surface area contributed by atoms with Crippen LogP contribution < -0.4 is 4.74 Å². The number of methoxy groups -OCH3 is 1. The van der Waals surface area contributed by atoms with Gasteiger partial charge in [-0.05, 0) is 6.07 Å². The number of hydrogen-bond acceptors (Lipinski definition) is 6. The normalized spacial score (nSPS) is 17.9. The molecule has 0 spiro atoms. The third kappa shape index (κ3) is 3.09. The van der Waals surface area contributed by atoms with Crippen molar-refractivity contribution in [1.29, 1.82) is 5.26 Å². The second-order valence-electron chi connectivity index (χ2n) is 4.38. The third-order valence-corrected chi connectivity index (χ3v) is 3.12. The van der Waals surface area contributed by atoms with Crippen molar-refractivity contribution in [3.05, 3.63) is 33.9 Å². The van der Waals surface area contributed by atoms with Gasteiger partial charge in [-0.15, -0.1) is 0 Å². The summed E-state index contributed by atoms with van der Waals surface area (Å²) in [7, 11) is 1.34. The Kier molecular flexibility index (Phi) is 4.35. The highest BCUT2D eigenvalue weighted by atomic mass is 16.6. The fourth-order valence-corrected chi connectivity index (χ4v) is 2.05. The highest BCUT2D eigenvalue weighted by Gasteiger charge is 2.27. The number of nitrogens with zero attached hydrogens (tertiary/aromatic N) is 3. The van der Waals surface area contributed by atoms with E-state index in [1.54, 1.807) is 0 Å². The van der Waals surface area contributed by atoms with Gasteiger partial charge in [-0.1, -0.05) is 0 Å². The molecule has 2 rings (SSSR count). The minimum absolute atomic E-state index is 0.134. The molecule has 8 heteroatoms. The van der Waals surface area contributed by atoms with Crippen molar-refractivity contribution >= 4 is 11.6 Å². The number of benzene rings is 1. The zero-order valence-electron chi connectivity index (χ0n) is 11.3. The molecule has 1 unspecified atom stereocenters. The minimum atomic E-state index is -0.660. The molecule has 0 radical (unpaired) electrons. The summed E-state index contributed by atoms with van der Waals surface area (Å²) in [5.74, 6) is -0.209. The van der Waals surface area contributed by atoms with Crippen LogP contribution in [-0.4, -0.2) is 48.6 Å². The van der Waals surface area contributed by atoms with E-state index < -0.39 is 11.0 Å². The van der Waals surface area contributed by atoms with Gasteiger partial charge in [-0.2, -0.15) is 5.26 Å². The van der Waals surface area contributed by atoms with Crippen molar-refractivity contribution < 1.29 is 19.2 Å². The Labute approximate surface area is 120 Å². The summed E-state index contributed by atoms with van der Waals surface area (Å²) >= 11 is 0. The quantitative estimate of drug-likeness (QED) is 0.606. The Hall–Kier alpha value is -2.66. The molecule has 1 heterocycles. The van der Waals surface area contributed by atoms with Gasteiger partial charge in [-0.3, -0.25) is 14.9 Å². The number of non-ortho nitro benzene ring substituents is 1. The maximum Gasteiger partial charge on any atom is 0.273 e. The van der Waals surface area contributed by atoms with Crippen molar-refractivity contribution in [3.63, 3.8) is 0 Å². The predicted octanol–water partition coefficient (Wildman–Crippen LogP) is 0.968. The molecule has 1 aliphatic heterocycles. The summed E-state index contributed by atoms with van der Waals surface area (Å²) in [6.07, 6.45) is -0.660. The van der Waals surface area contributed by atoms with Crippen LogP contribution in [-0.2, 0) is 4.74 Å². The lowest BCUT2D eigenvalue weighted by Gasteiger charge is -2.30. The fourth-order valence-electron chi connectivity index (χ4n) is 2.05. The molecule has 0 aliphatic carbocycles. The standard InChI is InChI=1S/C13H13N3O5/c1-20-12-6-9(16(18)19)2-3-11(12)13(17)15-4-5-21-10(7-14)8-15/h2-3,6,10H,4-5,8H2,1H3. The summed E-state index contributed by atoms with van der Waals surface area (Å²) < 4.78 is 10.2. The smallest absolute Gasteiger partial charge is 0.273 e. The molecule has 1 amide bonds. The van der Waals surface area contributed by atoms with E-state index in [-0.39, 0.29) is 36.1 Å². The first-order valence-corrected chi connectivity index (χ1v) is 6.19. The number of nitriles is 1. The Morgan fingerprint density at radius 3 is 3.00 bits per heavy atom. The van der Waals surface area contributed by atoms with Gasteiger partial charge in [0.25, 0.3) is 11.6 Å². The van der Waals surface area contributed by atoms with Crippen LogP contribution in [0.1, 0.15) is 10.4 Å². The van der Waals surface area contributed by atoms with Gasteiger partial charge >= 0.3 is 0 Å². The van der Waals surface area contributed by atoms with Crippen molar-refractivity contribution in [2.75, 3.05) is 26.8 Å². The van der Waals surface area contributed by atoms with E-state index in [0.717, 1.165) is 0 Å². The Balaban J connectivity index is 2.26. The summed E-state index contributed by atoms with van der Waals surface area (Å²) in [6.45, 7) is 0.798. The number of carbonyl (C=O) groups is 1. The molecule has 0 aromatic heterocycles. The Morgan fingerprint density at radius 2 is 2.38 bits per heavy atom. The summed E-state index contributed by atoms with van der Waals surface area (Å²) in [6, 6.07) is 5.77. The second-order valence-corrected chi connectivity index (χ2v) is 4.38. The monoisotopic (exact) mass is 291 g/mol. The van der Waals surface area contributed by atoms with Gasteiger partial charge in [0.15, 0.2) is 6.10 Å². The van der Waals surface area contributed by atoms with E-state index in [0.29, 0.717) is 6.54 Å². The third-order valence-electron chi connectivity index (χ3n) is 3.12. The Morgan fingerprint density at radius 1 is 1.62 bits per heavy atom. The van der Waals surface area contributed by atoms with Crippen LogP contribution in [0.3, 0.4) is 0 Å². The summed E-state index contributed by atoms with van der Waals surface area (Å²) in [4.78, 5) is 24.1. The van der Waals surface area contributed by atoms with E-state index in [4.69, 9.17) is 14.7 Å². The van der Waals surface area contributed by atoms with Crippen molar-refractivity contribution in [2.24, 2.45) is 0 Å². The number of nitro groups is 1. The molecule has 1 aromatic rings. The number of carbonyl (C=O) groups excluding carboxylic acids is 1. The molecule has 110 valence electrons. The lowest BCUT2D eigenvalue weighted by Crippen LogP contribution is -2.45. The van der Waals surface area contributed by atoms with E-state index >= 15 is 0 Å². The molecule has 1 saturated heterocycles. The molecular formula is C13H13N3O5. The molecule has 1 atom stereocenters. The molecule has 1 aromatic carbocycles.